The Labute approximate surface area is 108 Å². The summed E-state index contributed by atoms with van der Waals surface area (Å²) < 4.78 is 6.16. The van der Waals surface area contributed by atoms with Gasteiger partial charge in [0.05, 0.1) is 17.3 Å². The number of halogens is 1. The summed E-state index contributed by atoms with van der Waals surface area (Å²) in [5, 5.41) is 0. The molecule has 17 heavy (non-hydrogen) atoms. The summed E-state index contributed by atoms with van der Waals surface area (Å²) in [6, 6.07) is 7.75. The third-order valence-corrected chi connectivity index (χ3v) is 2.76. The van der Waals surface area contributed by atoms with Crippen molar-refractivity contribution in [1.29, 1.82) is 0 Å². The molecule has 1 aromatic heterocycles. The van der Waals surface area contributed by atoms with E-state index in [1.165, 1.54) is 0 Å². The van der Waals surface area contributed by atoms with Crippen molar-refractivity contribution < 1.29 is 4.74 Å². The van der Waals surface area contributed by atoms with Crippen molar-refractivity contribution in [3.63, 3.8) is 0 Å². The Kier molecular flexibility index (Phi) is 3.58. The largest absolute Gasteiger partial charge is 0.495 e. The van der Waals surface area contributed by atoms with Crippen LogP contribution >= 0.6 is 15.9 Å². The van der Waals surface area contributed by atoms with Gasteiger partial charge in [-0.05, 0) is 28.1 Å². The van der Waals surface area contributed by atoms with Crippen LogP contribution in [0.25, 0.3) is 0 Å². The highest BCUT2D eigenvalue weighted by Gasteiger charge is 2.11. The second-order valence-electron chi connectivity index (χ2n) is 3.43. The number of aromatic nitrogens is 2. The molecule has 4 nitrogen and oxygen atoms in total. The molecule has 0 bridgehead atoms. The zero-order valence-electron chi connectivity index (χ0n) is 9.59. The molecule has 0 radical (unpaired) electrons. The molecule has 0 aliphatic rings. The number of para-hydroxylation sites is 2. The van der Waals surface area contributed by atoms with Crippen molar-refractivity contribution in [3.05, 3.63) is 41.1 Å². The maximum absolute atomic E-state index is 5.31. The summed E-state index contributed by atoms with van der Waals surface area (Å²) >= 11 is 3.31. The third kappa shape index (κ3) is 2.55. The summed E-state index contributed by atoms with van der Waals surface area (Å²) in [6.45, 7) is 0. The maximum atomic E-state index is 5.31. The fourth-order valence-corrected chi connectivity index (χ4v) is 1.70. The molecule has 1 heterocycles. The van der Waals surface area contributed by atoms with Crippen molar-refractivity contribution in [2.24, 2.45) is 0 Å². The third-order valence-electron chi connectivity index (χ3n) is 2.35. The second-order valence-corrected chi connectivity index (χ2v) is 4.35. The quantitative estimate of drug-likeness (QED) is 0.872. The van der Waals surface area contributed by atoms with E-state index < -0.39 is 0 Å². The van der Waals surface area contributed by atoms with Gasteiger partial charge in [0.1, 0.15) is 5.75 Å². The Bertz CT molecular complexity index is 501. The fourth-order valence-electron chi connectivity index (χ4n) is 1.49. The Morgan fingerprint density at radius 1 is 1.18 bits per heavy atom. The van der Waals surface area contributed by atoms with Crippen molar-refractivity contribution >= 4 is 27.6 Å². The average molecular weight is 294 g/mol. The minimum Gasteiger partial charge on any atom is -0.495 e. The highest BCUT2D eigenvalue weighted by molar-refractivity contribution is 9.10. The molecule has 0 unspecified atom stereocenters. The van der Waals surface area contributed by atoms with E-state index in [1.54, 1.807) is 19.5 Å². The van der Waals surface area contributed by atoms with Gasteiger partial charge in [-0.2, -0.15) is 0 Å². The summed E-state index contributed by atoms with van der Waals surface area (Å²) in [4.78, 5) is 10.4. The molecule has 0 atom stereocenters. The molecule has 0 saturated heterocycles. The number of methoxy groups -OCH3 is 1. The van der Waals surface area contributed by atoms with Crippen LogP contribution in [0.5, 0.6) is 5.75 Å². The predicted octanol–water partition coefficient (Wildman–Crippen LogP) is 3.02. The first kappa shape index (κ1) is 11.9. The minimum atomic E-state index is 0.623. The molecule has 0 N–H and O–H groups in total. The Hall–Kier alpha value is -1.62. The summed E-state index contributed by atoms with van der Waals surface area (Å²) in [5.41, 5.74) is 0.928. The van der Waals surface area contributed by atoms with Gasteiger partial charge in [-0.15, -0.1) is 0 Å². The molecule has 0 spiro atoms. The van der Waals surface area contributed by atoms with E-state index in [1.807, 2.05) is 36.2 Å². The molecule has 0 aliphatic carbocycles. The van der Waals surface area contributed by atoms with Gasteiger partial charge in [0, 0.05) is 19.4 Å². The van der Waals surface area contributed by atoms with Gasteiger partial charge < -0.3 is 9.64 Å². The fraction of sp³-hybridized carbons (Fsp3) is 0.167. The maximum Gasteiger partial charge on any atom is 0.229 e. The molecule has 2 rings (SSSR count). The van der Waals surface area contributed by atoms with Crippen LogP contribution in [0.4, 0.5) is 11.6 Å². The molecule has 0 amide bonds. The standard InChI is InChI=1S/C12H12BrN3O/c1-16(12-14-7-9(13)8-15-12)10-5-3-4-6-11(10)17-2/h3-8H,1-2H3. The van der Waals surface area contributed by atoms with Crippen LogP contribution in [-0.4, -0.2) is 24.1 Å². The van der Waals surface area contributed by atoms with E-state index in [0.29, 0.717) is 5.95 Å². The van der Waals surface area contributed by atoms with E-state index in [9.17, 15) is 0 Å². The first-order valence-electron chi connectivity index (χ1n) is 5.06. The summed E-state index contributed by atoms with van der Waals surface area (Å²) in [6.07, 6.45) is 3.43. The van der Waals surface area contributed by atoms with Gasteiger partial charge in [-0.25, -0.2) is 9.97 Å². The zero-order chi connectivity index (χ0) is 12.3. The van der Waals surface area contributed by atoms with Crippen molar-refractivity contribution in [2.75, 3.05) is 19.1 Å². The lowest BCUT2D eigenvalue weighted by molar-refractivity contribution is 0.415. The number of benzene rings is 1. The number of hydrogen-bond acceptors (Lipinski definition) is 4. The minimum absolute atomic E-state index is 0.623. The zero-order valence-corrected chi connectivity index (χ0v) is 11.2. The van der Waals surface area contributed by atoms with E-state index in [0.717, 1.165) is 15.9 Å². The van der Waals surface area contributed by atoms with Crippen molar-refractivity contribution in [1.82, 2.24) is 9.97 Å². The smallest absolute Gasteiger partial charge is 0.229 e. The highest BCUT2D eigenvalue weighted by atomic mass is 79.9. The number of rotatable bonds is 3. The van der Waals surface area contributed by atoms with Gasteiger partial charge in [0.25, 0.3) is 0 Å². The summed E-state index contributed by atoms with van der Waals surface area (Å²) in [7, 11) is 3.55. The molecule has 88 valence electrons. The van der Waals surface area contributed by atoms with Gasteiger partial charge in [0.2, 0.25) is 5.95 Å². The molecule has 1 aromatic carbocycles. The van der Waals surface area contributed by atoms with Gasteiger partial charge in [-0.1, -0.05) is 12.1 Å². The van der Waals surface area contributed by atoms with E-state index in [4.69, 9.17) is 4.74 Å². The van der Waals surface area contributed by atoms with Crippen LogP contribution in [0.3, 0.4) is 0 Å². The number of nitrogens with zero attached hydrogens (tertiary/aromatic N) is 3. The molecular weight excluding hydrogens is 282 g/mol. The highest BCUT2D eigenvalue weighted by Crippen LogP contribution is 2.30. The monoisotopic (exact) mass is 293 g/mol. The average Bonchev–Trinajstić information content (AvgIpc) is 2.39. The van der Waals surface area contributed by atoms with Crippen LogP contribution in [0, 0.1) is 0 Å². The van der Waals surface area contributed by atoms with E-state index >= 15 is 0 Å². The van der Waals surface area contributed by atoms with Crippen molar-refractivity contribution in [2.45, 2.75) is 0 Å². The lowest BCUT2D eigenvalue weighted by Gasteiger charge is -2.19. The number of ether oxygens (including phenoxy) is 1. The van der Waals surface area contributed by atoms with E-state index in [-0.39, 0.29) is 0 Å². The van der Waals surface area contributed by atoms with Crippen LogP contribution in [0.15, 0.2) is 41.1 Å². The predicted molar refractivity (Wildman–Crippen MR) is 70.8 cm³/mol. The molecule has 0 aliphatic heterocycles. The normalized spacial score (nSPS) is 10.1. The van der Waals surface area contributed by atoms with Gasteiger partial charge in [-0.3, -0.25) is 0 Å². The van der Waals surface area contributed by atoms with Crippen LogP contribution in [-0.2, 0) is 0 Å². The van der Waals surface area contributed by atoms with Crippen molar-refractivity contribution in [3.8, 4) is 5.75 Å². The number of hydrogen-bond donors (Lipinski definition) is 0. The molecule has 2 aromatic rings. The molecular formula is C12H12BrN3O. The first-order valence-corrected chi connectivity index (χ1v) is 5.86. The Morgan fingerprint density at radius 3 is 2.47 bits per heavy atom. The van der Waals surface area contributed by atoms with E-state index in [2.05, 4.69) is 25.9 Å². The molecule has 0 saturated carbocycles. The van der Waals surface area contributed by atoms with Crippen LogP contribution in [0.2, 0.25) is 0 Å². The SMILES string of the molecule is COc1ccccc1N(C)c1ncc(Br)cn1. The van der Waals surface area contributed by atoms with Gasteiger partial charge >= 0.3 is 0 Å². The molecule has 5 heteroatoms. The Morgan fingerprint density at radius 2 is 1.82 bits per heavy atom. The Balaban J connectivity index is 2.36. The second kappa shape index (κ2) is 5.14. The topological polar surface area (TPSA) is 38.2 Å². The van der Waals surface area contributed by atoms with Gasteiger partial charge in [0.15, 0.2) is 0 Å². The molecule has 0 fully saturated rings. The van der Waals surface area contributed by atoms with Crippen LogP contribution in [0.1, 0.15) is 0 Å². The summed E-state index contributed by atoms with van der Waals surface area (Å²) in [5.74, 6) is 1.42. The lowest BCUT2D eigenvalue weighted by atomic mass is 10.3. The number of anilines is 2. The lowest BCUT2D eigenvalue weighted by Crippen LogP contribution is -2.13. The van der Waals surface area contributed by atoms with Crippen LogP contribution < -0.4 is 9.64 Å². The first-order chi connectivity index (χ1) is 8.22.